The van der Waals surface area contributed by atoms with E-state index < -0.39 is 0 Å². The molecule has 0 aliphatic heterocycles. The van der Waals surface area contributed by atoms with Gasteiger partial charge < -0.3 is 4.74 Å². The molecule has 0 atom stereocenters. The molecule has 0 aliphatic carbocycles. The molecule has 2 aromatic carbocycles. The fourth-order valence-electron chi connectivity index (χ4n) is 2.96. The Morgan fingerprint density at radius 2 is 1.74 bits per heavy atom. The van der Waals surface area contributed by atoms with Crippen molar-refractivity contribution in [3.05, 3.63) is 64.4 Å². The predicted octanol–water partition coefficient (Wildman–Crippen LogP) is 5.47. The molecule has 27 heavy (non-hydrogen) atoms. The van der Waals surface area contributed by atoms with Crippen LogP contribution in [0.25, 0.3) is 28.0 Å². The largest absolute Gasteiger partial charge is 0.464 e. The van der Waals surface area contributed by atoms with E-state index in [0.717, 1.165) is 16.7 Å². The van der Waals surface area contributed by atoms with E-state index in [9.17, 15) is 0 Å². The van der Waals surface area contributed by atoms with Gasteiger partial charge in [-0.15, -0.1) is 0 Å². The summed E-state index contributed by atoms with van der Waals surface area (Å²) in [7, 11) is 0. The second-order valence-electron chi connectivity index (χ2n) is 5.93. The van der Waals surface area contributed by atoms with Crippen molar-refractivity contribution < 1.29 is 4.74 Å². The molecule has 4 rings (SSSR count). The van der Waals surface area contributed by atoms with Crippen molar-refractivity contribution in [1.82, 2.24) is 19.6 Å². The van der Waals surface area contributed by atoms with Crippen molar-refractivity contribution in [3.63, 3.8) is 0 Å². The highest BCUT2D eigenvalue weighted by Gasteiger charge is 2.22. The molecule has 0 fully saturated rings. The summed E-state index contributed by atoms with van der Waals surface area (Å²) in [6.45, 7) is 4.21. The van der Waals surface area contributed by atoms with Gasteiger partial charge in [-0.3, -0.25) is 0 Å². The Balaban J connectivity index is 2.09. The van der Waals surface area contributed by atoms with Crippen molar-refractivity contribution in [3.8, 4) is 28.4 Å². The number of halogens is 2. The van der Waals surface area contributed by atoms with Gasteiger partial charge in [0, 0.05) is 10.6 Å². The lowest BCUT2D eigenvalue weighted by atomic mass is 10.0. The molecule has 0 aliphatic rings. The summed E-state index contributed by atoms with van der Waals surface area (Å²) >= 11 is 12.5. The van der Waals surface area contributed by atoms with E-state index in [-0.39, 0.29) is 0 Å². The van der Waals surface area contributed by atoms with E-state index in [2.05, 4.69) is 9.97 Å². The van der Waals surface area contributed by atoms with Gasteiger partial charge in [0.15, 0.2) is 5.65 Å². The minimum Gasteiger partial charge on any atom is -0.464 e. The number of aryl methyl sites for hydroxylation is 1. The van der Waals surface area contributed by atoms with Gasteiger partial charge in [-0.05, 0) is 37.6 Å². The normalized spacial score (nSPS) is 11.1. The first-order valence-corrected chi connectivity index (χ1v) is 9.25. The number of rotatable bonds is 4. The Hall–Kier alpha value is -2.63. The van der Waals surface area contributed by atoms with Crippen LogP contribution in [0.15, 0.2) is 48.5 Å². The second kappa shape index (κ2) is 7.18. The van der Waals surface area contributed by atoms with E-state index in [1.165, 1.54) is 0 Å². The fourth-order valence-corrected chi connectivity index (χ4v) is 3.31. The summed E-state index contributed by atoms with van der Waals surface area (Å²) in [4.78, 5) is 9.01. The van der Waals surface area contributed by atoms with Gasteiger partial charge >= 0.3 is 6.01 Å². The molecule has 136 valence electrons. The molecule has 7 heteroatoms. The van der Waals surface area contributed by atoms with Crippen molar-refractivity contribution in [2.75, 3.05) is 6.61 Å². The van der Waals surface area contributed by atoms with E-state index in [4.69, 9.17) is 33.0 Å². The van der Waals surface area contributed by atoms with Gasteiger partial charge in [-0.2, -0.15) is 14.6 Å². The average molecular weight is 399 g/mol. The molecule has 0 saturated carbocycles. The minimum absolute atomic E-state index is 0.397. The third-order valence-electron chi connectivity index (χ3n) is 4.10. The topological polar surface area (TPSA) is 52.3 Å². The molecule has 0 bridgehead atoms. The van der Waals surface area contributed by atoms with Crippen molar-refractivity contribution in [1.29, 1.82) is 0 Å². The van der Waals surface area contributed by atoms with Crippen LogP contribution in [-0.2, 0) is 0 Å². The Bertz CT molecular complexity index is 1120. The zero-order chi connectivity index (χ0) is 19.0. The lowest BCUT2D eigenvalue weighted by Gasteiger charge is -2.06. The molecule has 0 N–H and O–H groups in total. The first kappa shape index (κ1) is 17.8. The maximum atomic E-state index is 6.47. The monoisotopic (exact) mass is 398 g/mol. The highest BCUT2D eigenvalue weighted by atomic mass is 35.5. The smallest absolute Gasteiger partial charge is 0.321 e. The number of hydrogen-bond donors (Lipinski definition) is 0. The van der Waals surface area contributed by atoms with Crippen LogP contribution in [0, 0.1) is 6.92 Å². The summed E-state index contributed by atoms with van der Waals surface area (Å²) in [5.74, 6) is 0.603. The lowest BCUT2D eigenvalue weighted by Crippen LogP contribution is -2.05. The number of benzene rings is 2. The van der Waals surface area contributed by atoms with E-state index in [1.54, 1.807) is 4.52 Å². The summed E-state index contributed by atoms with van der Waals surface area (Å²) in [5, 5.41) is 6.02. The van der Waals surface area contributed by atoms with Gasteiger partial charge in [-0.25, -0.2) is 4.98 Å². The SMILES string of the molecule is CCOc1nc(C)nc2c(-c3ccc(Cl)cc3)c(-c3ccccc3Cl)nn12. The molecular weight excluding hydrogens is 383 g/mol. The first-order valence-electron chi connectivity index (χ1n) is 8.49. The Labute approximate surface area is 166 Å². The zero-order valence-corrected chi connectivity index (χ0v) is 16.3. The number of nitrogens with zero attached hydrogens (tertiary/aromatic N) is 4. The van der Waals surface area contributed by atoms with E-state index in [0.29, 0.717) is 39.8 Å². The Kier molecular flexibility index (Phi) is 4.72. The molecule has 4 aromatic rings. The highest BCUT2D eigenvalue weighted by molar-refractivity contribution is 6.33. The van der Waals surface area contributed by atoms with Crippen LogP contribution >= 0.6 is 23.2 Å². The van der Waals surface area contributed by atoms with Crippen molar-refractivity contribution >= 4 is 28.8 Å². The maximum absolute atomic E-state index is 6.47. The van der Waals surface area contributed by atoms with Crippen LogP contribution < -0.4 is 4.74 Å². The van der Waals surface area contributed by atoms with Crippen LogP contribution in [0.3, 0.4) is 0 Å². The van der Waals surface area contributed by atoms with E-state index in [1.807, 2.05) is 62.4 Å². The quantitative estimate of drug-likeness (QED) is 0.457. The van der Waals surface area contributed by atoms with Crippen LogP contribution in [0.2, 0.25) is 10.0 Å². The molecule has 2 heterocycles. The minimum atomic E-state index is 0.397. The molecular formula is C20H16Cl2N4O. The van der Waals surface area contributed by atoms with Gasteiger partial charge in [-0.1, -0.05) is 53.5 Å². The summed E-state index contributed by atoms with van der Waals surface area (Å²) in [6, 6.07) is 15.6. The zero-order valence-electron chi connectivity index (χ0n) is 14.8. The number of hydrogen-bond acceptors (Lipinski definition) is 4. The summed E-state index contributed by atoms with van der Waals surface area (Å²) in [6.07, 6.45) is 0. The van der Waals surface area contributed by atoms with Crippen molar-refractivity contribution in [2.24, 2.45) is 0 Å². The fraction of sp³-hybridized carbons (Fsp3) is 0.150. The number of fused-ring (bicyclic) bond motifs is 1. The van der Waals surface area contributed by atoms with Crippen LogP contribution in [-0.4, -0.2) is 26.2 Å². The van der Waals surface area contributed by atoms with Crippen LogP contribution in [0.4, 0.5) is 0 Å². The van der Waals surface area contributed by atoms with Gasteiger partial charge in [0.25, 0.3) is 0 Å². The third kappa shape index (κ3) is 3.24. The van der Waals surface area contributed by atoms with E-state index >= 15 is 0 Å². The molecule has 0 unspecified atom stereocenters. The number of ether oxygens (including phenoxy) is 1. The summed E-state index contributed by atoms with van der Waals surface area (Å²) < 4.78 is 7.31. The predicted molar refractivity (Wildman–Crippen MR) is 108 cm³/mol. The van der Waals surface area contributed by atoms with Gasteiger partial charge in [0.05, 0.1) is 17.2 Å². The van der Waals surface area contributed by atoms with Crippen LogP contribution in [0.1, 0.15) is 12.7 Å². The molecule has 0 amide bonds. The maximum Gasteiger partial charge on any atom is 0.321 e. The molecule has 0 spiro atoms. The number of aromatic nitrogens is 4. The standard InChI is InChI=1S/C20H16Cl2N4O/c1-3-27-20-24-12(2)23-19-17(13-8-10-14(21)11-9-13)18(25-26(19)20)15-6-4-5-7-16(15)22/h4-11H,3H2,1-2H3. The molecule has 5 nitrogen and oxygen atoms in total. The van der Waals surface area contributed by atoms with Crippen LogP contribution in [0.5, 0.6) is 6.01 Å². The molecule has 0 saturated heterocycles. The average Bonchev–Trinajstić information content (AvgIpc) is 3.02. The van der Waals surface area contributed by atoms with Gasteiger partial charge in [0.2, 0.25) is 0 Å². The third-order valence-corrected chi connectivity index (χ3v) is 4.68. The van der Waals surface area contributed by atoms with Crippen molar-refractivity contribution in [2.45, 2.75) is 13.8 Å². The van der Waals surface area contributed by atoms with Gasteiger partial charge in [0.1, 0.15) is 11.5 Å². The molecule has 2 aromatic heterocycles. The lowest BCUT2D eigenvalue weighted by molar-refractivity contribution is 0.301. The Morgan fingerprint density at radius 1 is 1.00 bits per heavy atom. The highest BCUT2D eigenvalue weighted by Crippen LogP contribution is 2.38. The second-order valence-corrected chi connectivity index (χ2v) is 6.78. The molecule has 0 radical (unpaired) electrons. The Morgan fingerprint density at radius 3 is 2.44 bits per heavy atom. The summed E-state index contributed by atoms with van der Waals surface area (Å²) in [5.41, 5.74) is 3.97. The first-order chi connectivity index (χ1) is 13.1.